The number of benzene rings is 1. The van der Waals surface area contributed by atoms with Gasteiger partial charge in [0.05, 0.1) is 6.07 Å². The summed E-state index contributed by atoms with van der Waals surface area (Å²) in [4.78, 5) is 30.1. The smallest absolute Gasteiger partial charge is 0.411 e. The Morgan fingerprint density at radius 3 is 2.61 bits per heavy atom. The third-order valence-electron chi connectivity index (χ3n) is 8.78. The number of hydrogen-bond acceptors (Lipinski definition) is 5. The van der Waals surface area contributed by atoms with Crippen LogP contribution in [0.3, 0.4) is 0 Å². The Bertz CT molecular complexity index is 1170. The monoisotopic (exact) mass is 522 g/mol. The number of fused-ring (bicyclic) bond motifs is 2. The lowest BCUT2D eigenvalue weighted by Crippen LogP contribution is -2.55. The van der Waals surface area contributed by atoms with E-state index in [-0.39, 0.29) is 35.5 Å². The van der Waals surface area contributed by atoms with Gasteiger partial charge in [0.2, 0.25) is 5.91 Å². The first-order valence-corrected chi connectivity index (χ1v) is 13.9. The van der Waals surface area contributed by atoms with Gasteiger partial charge in [0, 0.05) is 12.5 Å². The SMILES string of the molecule is CN1CCC2(C=C(c3ccc(C[C@@H](C#N)NC(=O)[C@@H]4[C@H]5CCC(C5)N4C(=O)OC(C)(C)C)c(F)c3)C2)CC1. The van der Waals surface area contributed by atoms with E-state index >= 15 is 4.39 Å². The Kier molecular flexibility index (Phi) is 7.02. The van der Waals surface area contributed by atoms with Crippen LogP contribution < -0.4 is 5.32 Å². The van der Waals surface area contributed by atoms with Crippen LogP contribution in [0.2, 0.25) is 0 Å². The van der Waals surface area contributed by atoms with Crippen molar-refractivity contribution < 1.29 is 18.7 Å². The van der Waals surface area contributed by atoms with Crippen molar-refractivity contribution >= 4 is 17.6 Å². The number of hydrogen-bond donors (Lipinski definition) is 1. The number of halogens is 1. The van der Waals surface area contributed by atoms with Gasteiger partial charge in [-0.2, -0.15) is 5.26 Å². The van der Waals surface area contributed by atoms with Gasteiger partial charge in [-0.05, 0) is 114 Å². The number of carbonyl (C=O) groups is 2. The molecule has 1 saturated carbocycles. The highest BCUT2D eigenvalue weighted by molar-refractivity contribution is 5.87. The molecule has 2 amide bonds. The first-order chi connectivity index (χ1) is 18.0. The Hall–Kier alpha value is -2.92. The number of nitrogens with zero attached hydrogens (tertiary/aromatic N) is 3. The van der Waals surface area contributed by atoms with Crippen molar-refractivity contribution in [1.29, 1.82) is 5.26 Å². The van der Waals surface area contributed by atoms with E-state index in [0.717, 1.165) is 57.2 Å². The van der Waals surface area contributed by atoms with E-state index in [1.165, 1.54) is 5.57 Å². The van der Waals surface area contributed by atoms with E-state index in [1.807, 2.05) is 6.07 Å². The van der Waals surface area contributed by atoms with Crippen molar-refractivity contribution in [3.05, 3.63) is 41.2 Å². The molecule has 1 unspecified atom stereocenters. The van der Waals surface area contributed by atoms with Crippen molar-refractivity contribution in [2.24, 2.45) is 11.3 Å². The summed E-state index contributed by atoms with van der Waals surface area (Å²) in [6.07, 6.45) is 7.63. The number of ether oxygens (including phenoxy) is 1. The molecule has 1 aromatic carbocycles. The van der Waals surface area contributed by atoms with Crippen LogP contribution in [-0.2, 0) is 16.0 Å². The van der Waals surface area contributed by atoms with Gasteiger partial charge < -0.3 is 15.0 Å². The Balaban J connectivity index is 1.23. The third-order valence-corrected chi connectivity index (χ3v) is 8.78. The van der Waals surface area contributed by atoms with Crippen molar-refractivity contribution in [3.8, 4) is 6.07 Å². The quantitative estimate of drug-likeness (QED) is 0.608. The molecule has 8 heteroatoms. The molecule has 1 N–H and O–H groups in total. The summed E-state index contributed by atoms with van der Waals surface area (Å²) in [6, 6.07) is 5.73. The predicted molar refractivity (Wildman–Crippen MR) is 142 cm³/mol. The third kappa shape index (κ3) is 5.31. The highest BCUT2D eigenvalue weighted by Crippen LogP contribution is 2.50. The molecule has 2 aliphatic heterocycles. The molecule has 5 rings (SSSR count). The number of allylic oxidation sites excluding steroid dienone is 2. The number of nitriles is 1. The lowest BCUT2D eigenvalue weighted by molar-refractivity contribution is -0.128. The van der Waals surface area contributed by atoms with Crippen LogP contribution in [-0.4, -0.2) is 65.7 Å². The summed E-state index contributed by atoms with van der Waals surface area (Å²) in [7, 11) is 2.15. The molecule has 204 valence electrons. The maximum atomic E-state index is 15.1. The summed E-state index contributed by atoms with van der Waals surface area (Å²) < 4.78 is 20.7. The highest BCUT2D eigenvalue weighted by atomic mass is 19.1. The van der Waals surface area contributed by atoms with Crippen molar-refractivity contribution in [2.75, 3.05) is 20.1 Å². The molecule has 1 spiro atoms. The topological polar surface area (TPSA) is 85.7 Å². The molecule has 2 heterocycles. The van der Waals surface area contributed by atoms with Gasteiger partial charge in [-0.1, -0.05) is 18.2 Å². The lowest BCUT2D eigenvalue weighted by Gasteiger charge is -2.45. The number of rotatable bonds is 5. The van der Waals surface area contributed by atoms with E-state index in [4.69, 9.17) is 4.74 Å². The van der Waals surface area contributed by atoms with E-state index in [9.17, 15) is 14.9 Å². The minimum absolute atomic E-state index is 0.0226. The minimum Gasteiger partial charge on any atom is -0.444 e. The molecule has 0 radical (unpaired) electrons. The molecule has 4 aliphatic rings. The fourth-order valence-electron chi connectivity index (χ4n) is 6.71. The molecular weight excluding hydrogens is 483 g/mol. The molecule has 2 bridgehead atoms. The summed E-state index contributed by atoms with van der Waals surface area (Å²) in [5.74, 6) is -0.682. The fraction of sp³-hybridized carbons (Fsp3) is 0.633. The van der Waals surface area contributed by atoms with E-state index in [2.05, 4.69) is 29.4 Å². The van der Waals surface area contributed by atoms with Gasteiger partial charge in [-0.15, -0.1) is 0 Å². The molecule has 3 fully saturated rings. The van der Waals surface area contributed by atoms with Gasteiger partial charge in [0.1, 0.15) is 23.5 Å². The Labute approximate surface area is 225 Å². The van der Waals surface area contributed by atoms with Crippen LogP contribution in [0.25, 0.3) is 5.57 Å². The first kappa shape index (κ1) is 26.7. The van der Waals surface area contributed by atoms with Crippen molar-refractivity contribution in [3.63, 3.8) is 0 Å². The standard InChI is InChI=1S/C30H39FN4O3/c1-29(2,3)38-28(37)35-24-8-7-21(14-24)26(35)27(36)33-23(18-32)13-20-6-5-19(15-25(20)31)22-16-30(17-22)9-11-34(4)12-10-30/h5-6,15-16,21,23-24,26H,7-14,17H2,1-4H3,(H,33,36)/t21-,23-,24?,26-/m0/s1. The second-order valence-electron chi connectivity index (χ2n) is 12.8. The first-order valence-electron chi connectivity index (χ1n) is 13.9. The number of piperidine rings is 2. The number of amides is 2. The molecule has 2 saturated heterocycles. The van der Waals surface area contributed by atoms with Crippen molar-refractivity contribution in [2.45, 2.75) is 89.4 Å². The van der Waals surface area contributed by atoms with Gasteiger partial charge in [0.15, 0.2) is 0 Å². The molecular formula is C30H39FN4O3. The summed E-state index contributed by atoms with van der Waals surface area (Å²) in [5, 5.41) is 12.6. The second-order valence-corrected chi connectivity index (χ2v) is 12.8. The maximum absolute atomic E-state index is 15.1. The summed E-state index contributed by atoms with van der Waals surface area (Å²) in [5.41, 5.74) is 2.07. The Morgan fingerprint density at radius 2 is 1.97 bits per heavy atom. The minimum atomic E-state index is -0.895. The van der Waals surface area contributed by atoms with Gasteiger partial charge in [0.25, 0.3) is 0 Å². The number of likely N-dealkylation sites (tertiary alicyclic amines) is 2. The van der Waals surface area contributed by atoms with Gasteiger partial charge >= 0.3 is 6.09 Å². The molecule has 38 heavy (non-hydrogen) atoms. The van der Waals surface area contributed by atoms with Crippen LogP contribution in [0.15, 0.2) is 24.3 Å². The molecule has 2 aliphatic carbocycles. The molecule has 1 aromatic rings. The zero-order chi connectivity index (χ0) is 27.2. The Morgan fingerprint density at radius 1 is 1.26 bits per heavy atom. The number of carbonyl (C=O) groups excluding carboxylic acids is 2. The average Bonchev–Trinajstić information content (AvgIpc) is 3.45. The van der Waals surface area contributed by atoms with Crippen LogP contribution in [0.1, 0.15) is 70.4 Å². The van der Waals surface area contributed by atoms with Gasteiger partial charge in [-0.25, -0.2) is 9.18 Å². The lowest BCUT2D eigenvalue weighted by atomic mass is 9.64. The van der Waals surface area contributed by atoms with Crippen LogP contribution in [0.5, 0.6) is 0 Å². The van der Waals surface area contributed by atoms with Crippen LogP contribution in [0.4, 0.5) is 9.18 Å². The molecule has 0 aromatic heterocycles. The van der Waals surface area contributed by atoms with E-state index in [0.29, 0.717) is 5.56 Å². The maximum Gasteiger partial charge on any atom is 0.411 e. The summed E-state index contributed by atoms with van der Waals surface area (Å²) in [6.45, 7) is 7.59. The second kappa shape index (κ2) is 10.00. The molecule has 4 atom stereocenters. The van der Waals surface area contributed by atoms with Crippen LogP contribution >= 0.6 is 0 Å². The average molecular weight is 523 g/mol. The van der Waals surface area contributed by atoms with Gasteiger partial charge in [-0.3, -0.25) is 9.69 Å². The predicted octanol–water partition coefficient (Wildman–Crippen LogP) is 4.66. The normalized spacial score (nSPS) is 26.9. The summed E-state index contributed by atoms with van der Waals surface area (Å²) >= 11 is 0. The largest absolute Gasteiger partial charge is 0.444 e. The zero-order valence-electron chi connectivity index (χ0n) is 22.9. The van der Waals surface area contributed by atoms with Crippen molar-refractivity contribution in [1.82, 2.24) is 15.1 Å². The number of nitrogens with one attached hydrogen (secondary N) is 1. The zero-order valence-corrected chi connectivity index (χ0v) is 22.9. The van der Waals surface area contributed by atoms with Crippen LogP contribution in [0, 0.1) is 28.5 Å². The van der Waals surface area contributed by atoms with E-state index < -0.39 is 23.8 Å². The molecule has 7 nitrogen and oxygen atoms in total. The van der Waals surface area contributed by atoms with E-state index in [1.54, 1.807) is 37.8 Å². The fourth-order valence-corrected chi connectivity index (χ4v) is 6.71. The highest BCUT2D eigenvalue weighted by Gasteiger charge is 2.52.